The van der Waals surface area contributed by atoms with E-state index < -0.39 is 0 Å². The van der Waals surface area contributed by atoms with Crippen LogP contribution < -0.4 is 5.43 Å². The fourth-order valence-electron chi connectivity index (χ4n) is 0.980. The Morgan fingerprint density at radius 2 is 2.18 bits per heavy atom. The van der Waals surface area contributed by atoms with Crippen LogP contribution in [0.3, 0.4) is 0 Å². The number of rotatable bonds is 0. The fraction of sp³-hybridized carbons (Fsp3) is 0. The summed E-state index contributed by atoms with van der Waals surface area (Å²) >= 11 is 0. The second-order valence-electron chi connectivity index (χ2n) is 2.29. The van der Waals surface area contributed by atoms with Gasteiger partial charge in [0.15, 0.2) is 11.7 Å². The van der Waals surface area contributed by atoms with E-state index in [0.717, 1.165) is 11.1 Å². The standard InChI is InChI=1S/C9H5O2/c10-9-2-1-8-6-11-4-3-7(8)5-9/h1-3,5-6H. The second kappa shape index (κ2) is 2.23. The molecule has 0 unspecified atom stereocenters. The minimum atomic E-state index is 0.0112. The van der Waals surface area contributed by atoms with Crippen molar-refractivity contribution >= 4 is 0 Å². The van der Waals surface area contributed by atoms with Crippen LogP contribution in [0.15, 0.2) is 39.7 Å². The molecule has 0 atom stereocenters. The predicted octanol–water partition coefficient (Wildman–Crippen LogP) is 1.54. The van der Waals surface area contributed by atoms with Crippen LogP contribution in [-0.2, 0) is 0 Å². The molecule has 2 nitrogen and oxygen atoms in total. The Bertz CT molecular complexity index is 389. The molecule has 1 aliphatic heterocycles. The lowest BCUT2D eigenvalue weighted by Gasteiger charge is -1.98. The van der Waals surface area contributed by atoms with Gasteiger partial charge in [0.25, 0.3) is 0 Å². The zero-order valence-electron chi connectivity index (χ0n) is 5.70. The number of benzene rings is 1. The van der Waals surface area contributed by atoms with Gasteiger partial charge in [-0.05, 0) is 29.8 Å². The topological polar surface area (TPSA) is 30.2 Å². The van der Waals surface area contributed by atoms with Crippen LogP contribution in [0.1, 0.15) is 0 Å². The third-order valence-corrected chi connectivity index (χ3v) is 1.53. The van der Waals surface area contributed by atoms with E-state index in [2.05, 4.69) is 6.26 Å². The van der Waals surface area contributed by atoms with Crippen molar-refractivity contribution in [3.8, 4) is 11.1 Å². The van der Waals surface area contributed by atoms with E-state index in [0.29, 0.717) is 0 Å². The maximum atomic E-state index is 10.8. The summed E-state index contributed by atoms with van der Waals surface area (Å²) < 4.78 is 4.80. The fourth-order valence-corrected chi connectivity index (χ4v) is 0.980. The molecule has 2 aliphatic rings. The van der Waals surface area contributed by atoms with Crippen LogP contribution in [0.2, 0.25) is 0 Å². The summed E-state index contributed by atoms with van der Waals surface area (Å²) in [5, 5.41) is 0. The maximum absolute atomic E-state index is 10.8. The SMILES string of the molecule is O=c1ccc2co[c]cc-2c1. The van der Waals surface area contributed by atoms with Gasteiger partial charge in [0.05, 0.1) is 6.26 Å². The molecule has 0 amide bonds. The third-order valence-electron chi connectivity index (χ3n) is 1.53. The lowest BCUT2D eigenvalue weighted by Crippen LogP contribution is -1.96. The second-order valence-corrected chi connectivity index (χ2v) is 2.29. The van der Waals surface area contributed by atoms with Crippen molar-refractivity contribution < 1.29 is 4.42 Å². The molecule has 1 heterocycles. The molecule has 53 valence electrons. The van der Waals surface area contributed by atoms with Crippen LogP contribution in [0, 0.1) is 6.26 Å². The highest BCUT2D eigenvalue weighted by Gasteiger charge is 1.99. The molecule has 2 heteroatoms. The smallest absolute Gasteiger partial charge is 0.179 e. The van der Waals surface area contributed by atoms with Gasteiger partial charge in [-0.1, -0.05) is 0 Å². The van der Waals surface area contributed by atoms with Crippen LogP contribution >= 0.6 is 0 Å². The van der Waals surface area contributed by atoms with Crippen LogP contribution in [0.5, 0.6) is 0 Å². The molecule has 0 N–H and O–H groups in total. The average Bonchev–Trinajstić information content (AvgIpc) is 2.04. The first kappa shape index (κ1) is 6.16. The summed E-state index contributed by atoms with van der Waals surface area (Å²) in [6, 6.07) is 6.45. The Kier molecular flexibility index (Phi) is 1.25. The lowest BCUT2D eigenvalue weighted by atomic mass is 10.1. The van der Waals surface area contributed by atoms with E-state index in [-0.39, 0.29) is 5.43 Å². The predicted molar refractivity (Wildman–Crippen MR) is 40.4 cm³/mol. The average molecular weight is 145 g/mol. The van der Waals surface area contributed by atoms with Gasteiger partial charge in [-0.25, -0.2) is 0 Å². The van der Waals surface area contributed by atoms with E-state index in [4.69, 9.17) is 4.42 Å². The molecule has 0 aromatic carbocycles. The van der Waals surface area contributed by atoms with Gasteiger partial charge in [0, 0.05) is 5.56 Å². The van der Waals surface area contributed by atoms with Crippen molar-refractivity contribution in [3.63, 3.8) is 0 Å². The summed E-state index contributed by atoms with van der Waals surface area (Å²) in [4.78, 5) is 10.8. The van der Waals surface area contributed by atoms with E-state index in [1.54, 1.807) is 24.5 Å². The van der Waals surface area contributed by atoms with Gasteiger partial charge in [0.2, 0.25) is 0 Å². The van der Waals surface area contributed by atoms with Gasteiger partial charge in [-0.3, -0.25) is 4.79 Å². The molecule has 0 spiro atoms. The van der Waals surface area contributed by atoms with E-state index in [1.807, 2.05) is 0 Å². The van der Waals surface area contributed by atoms with Crippen molar-refractivity contribution in [1.29, 1.82) is 0 Å². The van der Waals surface area contributed by atoms with Crippen LogP contribution in [0.25, 0.3) is 11.1 Å². The summed E-state index contributed by atoms with van der Waals surface area (Å²) in [7, 11) is 0. The monoisotopic (exact) mass is 145 g/mol. The summed E-state index contributed by atoms with van der Waals surface area (Å²) in [5.41, 5.74) is 1.80. The molecule has 0 fully saturated rings. The van der Waals surface area contributed by atoms with Crippen molar-refractivity contribution in [2.45, 2.75) is 0 Å². The number of hydrogen-bond acceptors (Lipinski definition) is 2. The van der Waals surface area contributed by atoms with Gasteiger partial charge in [-0.15, -0.1) is 0 Å². The van der Waals surface area contributed by atoms with E-state index in [1.165, 1.54) is 6.07 Å². The van der Waals surface area contributed by atoms with Gasteiger partial charge >= 0.3 is 0 Å². The van der Waals surface area contributed by atoms with Crippen molar-refractivity contribution in [2.75, 3.05) is 0 Å². The Labute approximate surface area is 63.4 Å². The Morgan fingerprint density at radius 1 is 1.27 bits per heavy atom. The highest BCUT2D eigenvalue weighted by atomic mass is 16.3. The molecule has 11 heavy (non-hydrogen) atoms. The number of fused-ring (bicyclic) bond motifs is 1. The summed E-state index contributed by atoms with van der Waals surface area (Å²) in [5.74, 6) is 0. The molecular formula is C9H5O2. The quantitative estimate of drug-likeness (QED) is 0.563. The summed E-state index contributed by atoms with van der Waals surface area (Å²) in [6.45, 7) is 0. The number of hydrogen-bond donors (Lipinski definition) is 0. The zero-order valence-corrected chi connectivity index (χ0v) is 5.70. The van der Waals surface area contributed by atoms with Crippen LogP contribution in [-0.4, -0.2) is 0 Å². The van der Waals surface area contributed by atoms with Gasteiger partial charge in [-0.2, -0.15) is 0 Å². The van der Waals surface area contributed by atoms with E-state index >= 15 is 0 Å². The third kappa shape index (κ3) is 1.03. The highest BCUT2D eigenvalue weighted by Crippen LogP contribution is 2.16. The van der Waals surface area contributed by atoms with Crippen LogP contribution in [0.4, 0.5) is 0 Å². The largest absolute Gasteiger partial charge is 0.460 e. The van der Waals surface area contributed by atoms with Crippen molar-refractivity contribution in [1.82, 2.24) is 0 Å². The molecule has 0 saturated heterocycles. The van der Waals surface area contributed by atoms with Crippen molar-refractivity contribution in [3.05, 3.63) is 47.0 Å². The Balaban J connectivity index is 2.84. The molecule has 2 rings (SSSR count). The molecule has 0 bridgehead atoms. The van der Waals surface area contributed by atoms with Crippen molar-refractivity contribution in [2.24, 2.45) is 0 Å². The Morgan fingerprint density at radius 3 is 3.09 bits per heavy atom. The Hall–Kier alpha value is -1.57. The minimum absolute atomic E-state index is 0.0112. The molecule has 0 saturated carbocycles. The maximum Gasteiger partial charge on any atom is 0.179 e. The first-order chi connectivity index (χ1) is 5.36. The molecule has 1 aliphatic carbocycles. The molecule has 1 radical (unpaired) electrons. The molecular weight excluding hydrogens is 140 g/mol. The molecule has 0 aromatic heterocycles. The van der Waals surface area contributed by atoms with E-state index in [9.17, 15) is 4.79 Å². The minimum Gasteiger partial charge on any atom is -0.460 e. The van der Waals surface area contributed by atoms with Gasteiger partial charge in [0.1, 0.15) is 0 Å². The summed E-state index contributed by atoms with van der Waals surface area (Å²) in [6.07, 6.45) is 4.11. The van der Waals surface area contributed by atoms with Gasteiger partial charge < -0.3 is 4.42 Å². The molecule has 0 aromatic rings. The zero-order chi connectivity index (χ0) is 7.68. The highest BCUT2D eigenvalue weighted by molar-refractivity contribution is 5.62. The lowest BCUT2D eigenvalue weighted by molar-refractivity contribution is 0.542. The first-order valence-electron chi connectivity index (χ1n) is 3.25. The normalized spacial score (nSPS) is 10.2. The first-order valence-corrected chi connectivity index (χ1v) is 3.25.